The second-order valence-electron chi connectivity index (χ2n) is 5.57. The van der Waals surface area contributed by atoms with Gasteiger partial charge in [-0.15, -0.1) is 11.3 Å². The summed E-state index contributed by atoms with van der Waals surface area (Å²) in [4.78, 5) is 35.9. The minimum Gasteiger partial charge on any atom is -0.347 e. The summed E-state index contributed by atoms with van der Waals surface area (Å²) >= 11 is 1.28. The van der Waals surface area contributed by atoms with Crippen molar-refractivity contribution in [2.24, 2.45) is 0 Å². The highest BCUT2D eigenvalue weighted by Crippen LogP contribution is 2.30. The van der Waals surface area contributed by atoms with E-state index >= 15 is 0 Å². The molecule has 0 atom stereocenters. The lowest BCUT2D eigenvalue weighted by molar-refractivity contribution is -0.125. The summed E-state index contributed by atoms with van der Waals surface area (Å²) in [5, 5.41) is 7.75. The molecule has 26 heavy (non-hydrogen) atoms. The van der Waals surface area contributed by atoms with Crippen molar-refractivity contribution in [2.45, 2.75) is 13.8 Å². The summed E-state index contributed by atoms with van der Waals surface area (Å²) in [5.74, 6) is -1.26. The number of para-hydroxylation sites is 1. The Labute approximate surface area is 153 Å². The Balaban J connectivity index is 1.76. The number of rotatable bonds is 4. The van der Waals surface area contributed by atoms with Crippen molar-refractivity contribution in [1.82, 2.24) is 25.9 Å². The third-order valence-electron chi connectivity index (χ3n) is 3.58. The van der Waals surface area contributed by atoms with Crippen molar-refractivity contribution in [3.8, 4) is 5.69 Å². The number of amides is 3. The van der Waals surface area contributed by atoms with Gasteiger partial charge in [-0.25, -0.2) is 4.68 Å². The molecule has 3 amide bonds. The number of hydrogen-bond donors (Lipinski definition) is 3. The zero-order valence-electron chi connectivity index (χ0n) is 14.2. The SMILES string of the molecule is CC(=O)NCC(=O)NNC(=O)c1cc2c(C)nn(-c3ccccc3)c2s1. The maximum atomic E-state index is 12.3. The number of aromatic nitrogens is 2. The van der Waals surface area contributed by atoms with Gasteiger partial charge in [-0.3, -0.25) is 25.2 Å². The zero-order chi connectivity index (χ0) is 18.7. The van der Waals surface area contributed by atoms with E-state index in [4.69, 9.17) is 0 Å². The van der Waals surface area contributed by atoms with Crippen LogP contribution in [0.5, 0.6) is 0 Å². The van der Waals surface area contributed by atoms with E-state index in [-0.39, 0.29) is 12.5 Å². The Kier molecular flexibility index (Phi) is 4.99. The number of hydrogen-bond acceptors (Lipinski definition) is 5. The maximum absolute atomic E-state index is 12.3. The molecule has 0 aliphatic rings. The molecule has 134 valence electrons. The van der Waals surface area contributed by atoms with Crippen molar-refractivity contribution < 1.29 is 14.4 Å². The van der Waals surface area contributed by atoms with Crippen LogP contribution in [-0.2, 0) is 9.59 Å². The second kappa shape index (κ2) is 7.36. The fourth-order valence-corrected chi connectivity index (χ4v) is 3.42. The maximum Gasteiger partial charge on any atom is 0.279 e. The molecule has 2 heterocycles. The van der Waals surface area contributed by atoms with Gasteiger partial charge < -0.3 is 5.32 Å². The van der Waals surface area contributed by atoms with Crippen LogP contribution in [0.1, 0.15) is 22.3 Å². The quantitative estimate of drug-likeness (QED) is 0.601. The molecule has 0 bridgehead atoms. The molecule has 1 aromatic carbocycles. The van der Waals surface area contributed by atoms with Crippen molar-refractivity contribution in [3.05, 3.63) is 47.0 Å². The highest BCUT2D eigenvalue weighted by atomic mass is 32.1. The fourth-order valence-electron chi connectivity index (χ4n) is 2.34. The summed E-state index contributed by atoms with van der Waals surface area (Å²) in [7, 11) is 0. The average Bonchev–Trinajstić information content (AvgIpc) is 3.19. The minimum atomic E-state index is -0.513. The van der Waals surface area contributed by atoms with Crippen LogP contribution in [0.15, 0.2) is 36.4 Å². The summed E-state index contributed by atoms with van der Waals surface area (Å²) in [6.07, 6.45) is 0. The number of benzene rings is 1. The standard InChI is InChI=1S/C17H17N5O3S/c1-10-13-8-14(16(25)20-19-15(24)9-18-11(2)23)26-17(13)22(21-10)12-6-4-3-5-7-12/h3-8H,9H2,1-2H3,(H,18,23)(H,19,24)(H,20,25). The van der Waals surface area contributed by atoms with Gasteiger partial charge in [0.1, 0.15) is 4.83 Å². The molecule has 2 aromatic heterocycles. The third kappa shape index (κ3) is 3.72. The highest BCUT2D eigenvalue weighted by molar-refractivity contribution is 7.20. The number of carbonyl (C=O) groups is 3. The van der Waals surface area contributed by atoms with E-state index in [1.54, 1.807) is 10.7 Å². The van der Waals surface area contributed by atoms with Crippen LogP contribution >= 0.6 is 11.3 Å². The molecular formula is C17H17N5O3S. The topological polar surface area (TPSA) is 105 Å². The third-order valence-corrected chi connectivity index (χ3v) is 4.69. The zero-order valence-corrected chi connectivity index (χ0v) is 15.0. The predicted octanol–water partition coefficient (Wildman–Crippen LogP) is 1.29. The lowest BCUT2D eigenvalue weighted by Crippen LogP contribution is -2.45. The molecule has 3 aromatic rings. The molecule has 0 fully saturated rings. The van der Waals surface area contributed by atoms with Gasteiger partial charge in [0, 0.05) is 12.3 Å². The fraction of sp³-hybridized carbons (Fsp3) is 0.176. The number of hydrazine groups is 1. The smallest absolute Gasteiger partial charge is 0.279 e. The highest BCUT2D eigenvalue weighted by Gasteiger charge is 2.17. The van der Waals surface area contributed by atoms with E-state index in [0.717, 1.165) is 21.6 Å². The van der Waals surface area contributed by atoms with Crippen LogP contribution in [-0.4, -0.2) is 34.0 Å². The Morgan fingerprint density at radius 1 is 1.15 bits per heavy atom. The predicted molar refractivity (Wildman–Crippen MR) is 98.0 cm³/mol. The first-order chi connectivity index (χ1) is 12.5. The van der Waals surface area contributed by atoms with Crippen LogP contribution in [0.4, 0.5) is 0 Å². The van der Waals surface area contributed by atoms with Gasteiger partial charge in [-0.05, 0) is 25.1 Å². The van der Waals surface area contributed by atoms with Crippen LogP contribution in [0, 0.1) is 6.92 Å². The van der Waals surface area contributed by atoms with Crippen molar-refractivity contribution in [2.75, 3.05) is 6.54 Å². The Bertz CT molecular complexity index is 977. The molecule has 8 nitrogen and oxygen atoms in total. The number of fused-ring (bicyclic) bond motifs is 1. The van der Waals surface area contributed by atoms with Gasteiger partial charge in [0.2, 0.25) is 5.91 Å². The molecule has 0 unspecified atom stereocenters. The molecule has 9 heteroatoms. The summed E-state index contributed by atoms with van der Waals surface area (Å²) in [6.45, 7) is 2.98. The monoisotopic (exact) mass is 371 g/mol. The molecular weight excluding hydrogens is 354 g/mol. The number of nitrogens with zero attached hydrogens (tertiary/aromatic N) is 2. The molecule has 0 aliphatic heterocycles. The summed E-state index contributed by atoms with van der Waals surface area (Å²) < 4.78 is 1.79. The van der Waals surface area contributed by atoms with Crippen LogP contribution in [0.3, 0.4) is 0 Å². The first kappa shape index (κ1) is 17.6. The van der Waals surface area contributed by atoms with Gasteiger partial charge in [0.15, 0.2) is 0 Å². The summed E-state index contributed by atoms with van der Waals surface area (Å²) in [5.41, 5.74) is 6.33. The summed E-state index contributed by atoms with van der Waals surface area (Å²) in [6, 6.07) is 11.4. The first-order valence-electron chi connectivity index (χ1n) is 7.84. The lowest BCUT2D eigenvalue weighted by atomic mass is 10.3. The van der Waals surface area contributed by atoms with E-state index in [1.165, 1.54) is 18.3 Å². The second-order valence-corrected chi connectivity index (χ2v) is 6.60. The Hall–Kier alpha value is -3.20. The molecule has 3 N–H and O–H groups in total. The van der Waals surface area contributed by atoms with Crippen molar-refractivity contribution >= 4 is 39.3 Å². The van der Waals surface area contributed by atoms with Crippen LogP contribution < -0.4 is 16.2 Å². The van der Waals surface area contributed by atoms with Crippen molar-refractivity contribution in [3.63, 3.8) is 0 Å². The Morgan fingerprint density at radius 3 is 2.58 bits per heavy atom. The largest absolute Gasteiger partial charge is 0.347 e. The molecule has 3 rings (SSSR count). The molecule has 0 saturated carbocycles. The van der Waals surface area contributed by atoms with E-state index in [0.29, 0.717) is 4.88 Å². The molecule has 0 saturated heterocycles. The molecule has 0 radical (unpaired) electrons. The van der Waals surface area contributed by atoms with Gasteiger partial charge in [0.25, 0.3) is 11.8 Å². The number of nitrogens with one attached hydrogen (secondary N) is 3. The van der Waals surface area contributed by atoms with Crippen LogP contribution in [0.25, 0.3) is 15.9 Å². The first-order valence-corrected chi connectivity index (χ1v) is 8.65. The van der Waals surface area contributed by atoms with Gasteiger partial charge >= 0.3 is 0 Å². The molecule has 0 spiro atoms. The number of carbonyl (C=O) groups excluding carboxylic acids is 3. The van der Waals surface area contributed by atoms with E-state index in [1.807, 2.05) is 37.3 Å². The van der Waals surface area contributed by atoms with Gasteiger partial charge in [-0.1, -0.05) is 18.2 Å². The Morgan fingerprint density at radius 2 is 1.88 bits per heavy atom. The van der Waals surface area contributed by atoms with Crippen molar-refractivity contribution in [1.29, 1.82) is 0 Å². The van der Waals surface area contributed by atoms with Gasteiger partial charge in [-0.2, -0.15) is 5.10 Å². The number of thiophene rings is 1. The van der Waals surface area contributed by atoms with Gasteiger partial charge in [0.05, 0.1) is 22.8 Å². The minimum absolute atomic E-state index is 0.204. The van der Waals surface area contributed by atoms with E-state index in [9.17, 15) is 14.4 Å². The number of aryl methyl sites for hydroxylation is 1. The van der Waals surface area contributed by atoms with E-state index in [2.05, 4.69) is 21.3 Å². The lowest BCUT2D eigenvalue weighted by Gasteiger charge is -2.06. The van der Waals surface area contributed by atoms with E-state index < -0.39 is 11.8 Å². The van der Waals surface area contributed by atoms with Crippen LogP contribution in [0.2, 0.25) is 0 Å². The average molecular weight is 371 g/mol. The molecule has 0 aliphatic carbocycles. The normalized spacial score (nSPS) is 10.5.